The molecule has 0 bridgehead atoms. The number of phenols is 1. The lowest BCUT2D eigenvalue weighted by Gasteiger charge is -2.12. The first-order chi connectivity index (χ1) is 10.5. The molecule has 0 saturated carbocycles. The average molecular weight is 338 g/mol. The zero-order valence-electron chi connectivity index (χ0n) is 10.8. The van der Waals surface area contributed by atoms with Gasteiger partial charge in [0.2, 0.25) is 5.82 Å². The van der Waals surface area contributed by atoms with Gasteiger partial charge in [-0.15, -0.1) is 0 Å². The maximum atomic E-state index is 13.5. The van der Waals surface area contributed by atoms with Crippen molar-refractivity contribution in [3.05, 3.63) is 64.2 Å². The summed E-state index contributed by atoms with van der Waals surface area (Å²) in [7, 11) is 0. The molecule has 0 spiro atoms. The highest BCUT2D eigenvalue weighted by atomic mass is 19.4. The Labute approximate surface area is 123 Å². The molecule has 0 unspecified atom stereocenters. The smallest absolute Gasteiger partial charge is 0.419 e. The second kappa shape index (κ2) is 5.56. The lowest BCUT2D eigenvalue weighted by molar-refractivity contribution is -0.140. The van der Waals surface area contributed by atoms with Crippen LogP contribution in [0.2, 0.25) is 0 Å². The minimum atomic E-state index is -5.35. The lowest BCUT2D eigenvalue weighted by Crippen LogP contribution is -2.14. The molecular formula is C14H5F7O2. The van der Waals surface area contributed by atoms with Crippen molar-refractivity contribution in [2.24, 2.45) is 0 Å². The van der Waals surface area contributed by atoms with Crippen LogP contribution in [-0.4, -0.2) is 10.9 Å². The number of carbonyl (C=O) groups excluding carboxylic acids is 1. The third kappa shape index (κ3) is 2.99. The maximum absolute atomic E-state index is 13.5. The topological polar surface area (TPSA) is 37.3 Å². The van der Waals surface area contributed by atoms with Crippen LogP contribution in [0.4, 0.5) is 30.7 Å². The Morgan fingerprint density at radius 1 is 0.913 bits per heavy atom. The summed E-state index contributed by atoms with van der Waals surface area (Å²) in [5.74, 6) is -10.5. The molecule has 0 saturated heterocycles. The molecule has 0 aliphatic heterocycles. The van der Waals surface area contributed by atoms with Crippen LogP contribution in [0.1, 0.15) is 21.5 Å². The van der Waals surface area contributed by atoms with Crippen molar-refractivity contribution < 1.29 is 40.6 Å². The summed E-state index contributed by atoms with van der Waals surface area (Å²) < 4.78 is 90.8. The molecule has 0 radical (unpaired) electrons. The van der Waals surface area contributed by atoms with Gasteiger partial charge in [-0.25, -0.2) is 13.2 Å². The fourth-order valence-corrected chi connectivity index (χ4v) is 1.81. The van der Waals surface area contributed by atoms with Gasteiger partial charge in [0.25, 0.3) is 0 Å². The third-order valence-electron chi connectivity index (χ3n) is 2.91. The zero-order chi connectivity index (χ0) is 17.5. The van der Waals surface area contributed by atoms with Gasteiger partial charge in [0, 0.05) is 6.07 Å². The molecule has 23 heavy (non-hydrogen) atoms. The molecule has 1 N–H and O–H groups in total. The molecule has 0 heterocycles. The minimum Gasteiger partial charge on any atom is -0.504 e. The molecule has 2 aromatic rings. The second-order valence-corrected chi connectivity index (χ2v) is 4.40. The largest absolute Gasteiger partial charge is 0.504 e. The quantitative estimate of drug-likeness (QED) is 0.658. The molecule has 0 aliphatic rings. The number of rotatable bonds is 2. The van der Waals surface area contributed by atoms with Gasteiger partial charge < -0.3 is 5.11 Å². The Morgan fingerprint density at radius 2 is 1.52 bits per heavy atom. The summed E-state index contributed by atoms with van der Waals surface area (Å²) in [5.41, 5.74) is -4.36. The van der Waals surface area contributed by atoms with Crippen LogP contribution in [0, 0.1) is 23.3 Å². The van der Waals surface area contributed by atoms with E-state index in [1.807, 2.05) is 0 Å². The number of hydrogen-bond acceptors (Lipinski definition) is 2. The SMILES string of the molecule is O=C(c1ccc(F)cc1F)c1cc(C(F)(F)F)c(F)c(F)c1O. The number of alkyl halides is 3. The van der Waals surface area contributed by atoms with Crippen LogP contribution >= 0.6 is 0 Å². The lowest BCUT2D eigenvalue weighted by atomic mass is 9.99. The summed E-state index contributed by atoms with van der Waals surface area (Å²) in [4.78, 5) is 12.0. The van der Waals surface area contributed by atoms with Crippen molar-refractivity contribution in [3.63, 3.8) is 0 Å². The highest BCUT2D eigenvalue weighted by Crippen LogP contribution is 2.37. The molecule has 0 amide bonds. The van der Waals surface area contributed by atoms with E-state index in [1.165, 1.54) is 0 Å². The van der Waals surface area contributed by atoms with E-state index < -0.39 is 57.7 Å². The van der Waals surface area contributed by atoms with E-state index in [9.17, 15) is 40.6 Å². The van der Waals surface area contributed by atoms with E-state index >= 15 is 0 Å². The fourth-order valence-electron chi connectivity index (χ4n) is 1.81. The highest BCUT2D eigenvalue weighted by molar-refractivity contribution is 6.11. The first-order valence-corrected chi connectivity index (χ1v) is 5.82. The summed E-state index contributed by atoms with van der Waals surface area (Å²) in [6.45, 7) is 0. The van der Waals surface area contributed by atoms with Crippen LogP contribution in [0.3, 0.4) is 0 Å². The fraction of sp³-hybridized carbons (Fsp3) is 0.0714. The van der Waals surface area contributed by atoms with Crippen LogP contribution < -0.4 is 0 Å². The van der Waals surface area contributed by atoms with E-state index in [1.54, 1.807) is 0 Å². The Bertz CT molecular complexity index is 797. The van der Waals surface area contributed by atoms with E-state index in [4.69, 9.17) is 0 Å². The molecule has 2 rings (SSSR count). The molecule has 0 aromatic heterocycles. The van der Waals surface area contributed by atoms with Crippen molar-refractivity contribution in [1.82, 2.24) is 0 Å². The molecular weight excluding hydrogens is 333 g/mol. The van der Waals surface area contributed by atoms with Crippen LogP contribution in [0.25, 0.3) is 0 Å². The normalized spacial score (nSPS) is 11.6. The number of ketones is 1. The summed E-state index contributed by atoms with van der Waals surface area (Å²) >= 11 is 0. The molecule has 0 aliphatic carbocycles. The van der Waals surface area contributed by atoms with Gasteiger partial charge in [0.1, 0.15) is 11.6 Å². The van der Waals surface area contributed by atoms with E-state index in [2.05, 4.69) is 0 Å². The van der Waals surface area contributed by atoms with Crippen LogP contribution in [-0.2, 0) is 6.18 Å². The number of aromatic hydroxyl groups is 1. The average Bonchev–Trinajstić information content (AvgIpc) is 2.43. The molecule has 9 heteroatoms. The predicted molar refractivity (Wildman–Crippen MR) is 62.8 cm³/mol. The van der Waals surface area contributed by atoms with Crippen LogP contribution in [0.15, 0.2) is 24.3 Å². The van der Waals surface area contributed by atoms with Crippen molar-refractivity contribution in [1.29, 1.82) is 0 Å². The van der Waals surface area contributed by atoms with Gasteiger partial charge in [-0.1, -0.05) is 0 Å². The van der Waals surface area contributed by atoms with Crippen molar-refractivity contribution >= 4 is 5.78 Å². The van der Waals surface area contributed by atoms with Gasteiger partial charge in [0.05, 0.1) is 16.7 Å². The van der Waals surface area contributed by atoms with Crippen molar-refractivity contribution in [2.75, 3.05) is 0 Å². The summed E-state index contributed by atoms with van der Waals surface area (Å²) in [5, 5.41) is 9.35. The summed E-state index contributed by atoms with van der Waals surface area (Å²) in [6, 6.07) is 1.37. The highest BCUT2D eigenvalue weighted by Gasteiger charge is 2.38. The first kappa shape index (κ1) is 16.8. The molecule has 0 atom stereocenters. The second-order valence-electron chi connectivity index (χ2n) is 4.40. The van der Waals surface area contributed by atoms with Crippen molar-refractivity contribution in [2.45, 2.75) is 6.18 Å². The number of carbonyl (C=O) groups is 1. The Morgan fingerprint density at radius 3 is 2.04 bits per heavy atom. The van der Waals surface area contributed by atoms with E-state index in [0.717, 1.165) is 0 Å². The number of phenolic OH excluding ortho intramolecular Hbond substituents is 1. The monoisotopic (exact) mass is 338 g/mol. The Hall–Kier alpha value is -2.58. The maximum Gasteiger partial charge on any atom is 0.419 e. The third-order valence-corrected chi connectivity index (χ3v) is 2.91. The van der Waals surface area contributed by atoms with Crippen molar-refractivity contribution in [3.8, 4) is 5.75 Å². The number of benzene rings is 2. The van der Waals surface area contributed by atoms with Gasteiger partial charge in [-0.3, -0.25) is 4.79 Å². The first-order valence-electron chi connectivity index (χ1n) is 5.82. The Kier molecular flexibility index (Phi) is 4.06. The van der Waals surface area contributed by atoms with Gasteiger partial charge in [-0.05, 0) is 18.2 Å². The van der Waals surface area contributed by atoms with Crippen LogP contribution in [0.5, 0.6) is 5.75 Å². The van der Waals surface area contributed by atoms with Gasteiger partial charge in [0.15, 0.2) is 17.3 Å². The molecule has 2 aromatic carbocycles. The number of hydrogen-bond donors (Lipinski definition) is 1. The van der Waals surface area contributed by atoms with E-state index in [-0.39, 0.29) is 12.1 Å². The summed E-state index contributed by atoms with van der Waals surface area (Å²) in [6.07, 6.45) is -5.35. The number of halogens is 7. The zero-order valence-corrected chi connectivity index (χ0v) is 10.8. The molecule has 0 fully saturated rings. The predicted octanol–water partition coefficient (Wildman–Crippen LogP) is 4.20. The standard InChI is InChI=1S/C14H5F7O2/c15-5-1-2-6(9(16)3-5)12(22)7-4-8(14(19,20)21)10(17)11(18)13(7)23/h1-4,23H. The molecule has 2 nitrogen and oxygen atoms in total. The van der Waals surface area contributed by atoms with Gasteiger partial charge >= 0.3 is 6.18 Å². The molecule has 122 valence electrons. The minimum absolute atomic E-state index is 0.140. The van der Waals surface area contributed by atoms with Gasteiger partial charge in [-0.2, -0.15) is 17.6 Å². The Balaban J connectivity index is 2.68. The van der Waals surface area contributed by atoms with E-state index in [0.29, 0.717) is 12.1 Å².